The van der Waals surface area contributed by atoms with Gasteiger partial charge in [0.05, 0.1) is 18.4 Å². The van der Waals surface area contributed by atoms with Crippen molar-refractivity contribution in [3.8, 4) is 5.75 Å². The Hall–Kier alpha value is -3.81. The van der Waals surface area contributed by atoms with Gasteiger partial charge in [0.15, 0.2) is 0 Å². The molecule has 8 N–H and O–H groups in total. The van der Waals surface area contributed by atoms with E-state index in [-0.39, 0.29) is 29.6 Å². The van der Waals surface area contributed by atoms with Crippen LogP contribution < -0.4 is 27.3 Å². The minimum atomic E-state index is -0.867. The molecular weight excluding hydrogens is 346 g/mol. The van der Waals surface area contributed by atoms with Gasteiger partial charge >= 0.3 is 0 Å². The molecule has 0 radical (unpaired) electrons. The van der Waals surface area contributed by atoms with Crippen molar-refractivity contribution in [3.05, 3.63) is 76.6 Å². The molecular formula is C19H21N5O3. The first-order valence-electron chi connectivity index (χ1n) is 7.99. The Bertz CT molecular complexity index is 900. The van der Waals surface area contributed by atoms with Gasteiger partial charge < -0.3 is 27.3 Å². The maximum Gasteiger partial charge on any atom is 0.255 e. The van der Waals surface area contributed by atoms with Gasteiger partial charge in [0.2, 0.25) is 0 Å². The highest BCUT2D eigenvalue weighted by Gasteiger charge is 2.17. The lowest BCUT2D eigenvalue weighted by atomic mass is 10.0. The molecule has 0 aliphatic heterocycles. The molecule has 2 aromatic rings. The predicted molar refractivity (Wildman–Crippen MR) is 102 cm³/mol. The number of methoxy groups -OCH3 is 1. The molecule has 0 heterocycles. The summed E-state index contributed by atoms with van der Waals surface area (Å²) in [7, 11) is 1.50. The zero-order chi connectivity index (χ0) is 20.0. The fourth-order valence-electron chi connectivity index (χ4n) is 2.45. The Balaban J connectivity index is 2.08. The minimum Gasteiger partial charge on any atom is -0.496 e. The zero-order valence-corrected chi connectivity index (χ0v) is 14.8. The van der Waals surface area contributed by atoms with Gasteiger partial charge in [0, 0.05) is 12.1 Å². The van der Waals surface area contributed by atoms with E-state index in [0.29, 0.717) is 16.9 Å². The predicted octanol–water partition coefficient (Wildman–Crippen LogP) is 0.607. The van der Waals surface area contributed by atoms with Gasteiger partial charge in [0.1, 0.15) is 17.1 Å². The third-order valence-corrected chi connectivity index (χ3v) is 3.83. The number of amides is 2. The van der Waals surface area contributed by atoms with Gasteiger partial charge in [-0.25, -0.2) is 0 Å². The van der Waals surface area contributed by atoms with Crippen molar-refractivity contribution in [1.29, 1.82) is 5.41 Å². The summed E-state index contributed by atoms with van der Waals surface area (Å²) in [4.78, 5) is 23.7. The molecule has 27 heavy (non-hydrogen) atoms. The standard InChI is InChI=1S/C19H21N5O3/c1-27-14-5-3-2-4-13(14)19(26)24-10-11-6-8-12(9-7-11)16(20)15(17(21)22)18(23)25/h2-9,20H,10,21-22H2,1H3,(H2,23,25)(H,24,26). The summed E-state index contributed by atoms with van der Waals surface area (Å²) in [6.45, 7) is 0.280. The van der Waals surface area contributed by atoms with Crippen LogP contribution in [0.1, 0.15) is 21.5 Å². The fourth-order valence-corrected chi connectivity index (χ4v) is 2.45. The lowest BCUT2D eigenvalue weighted by Crippen LogP contribution is -2.28. The molecule has 0 aliphatic carbocycles. The van der Waals surface area contributed by atoms with Crippen molar-refractivity contribution in [2.75, 3.05) is 7.11 Å². The van der Waals surface area contributed by atoms with Crippen LogP contribution in [0.25, 0.3) is 0 Å². The summed E-state index contributed by atoms with van der Waals surface area (Å²) in [6.07, 6.45) is 0. The molecule has 0 aliphatic rings. The van der Waals surface area contributed by atoms with E-state index in [4.69, 9.17) is 27.3 Å². The molecule has 2 amide bonds. The van der Waals surface area contributed by atoms with Crippen molar-refractivity contribution in [1.82, 2.24) is 5.32 Å². The van der Waals surface area contributed by atoms with Crippen molar-refractivity contribution >= 4 is 17.5 Å². The number of primary amides is 1. The number of rotatable bonds is 7. The van der Waals surface area contributed by atoms with E-state index in [1.807, 2.05) is 0 Å². The van der Waals surface area contributed by atoms with E-state index < -0.39 is 5.91 Å². The van der Waals surface area contributed by atoms with E-state index in [0.717, 1.165) is 5.56 Å². The van der Waals surface area contributed by atoms with Gasteiger partial charge in [-0.3, -0.25) is 15.0 Å². The fraction of sp³-hybridized carbons (Fsp3) is 0.105. The second kappa shape index (κ2) is 8.52. The van der Waals surface area contributed by atoms with Crippen LogP contribution in [0, 0.1) is 5.41 Å². The van der Waals surface area contributed by atoms with Gasteiger partial charge in [-0.1, -0.05) is 36.4 Å². The number of ether oxygens (including phenoxy) is 1. The minimum absolute atomic E-state index is 0.160. The zero-order valence-electron chi connectivity index (χ0n) is 14.8. The Morgan fingerprint density at radius 3 is 2.22 bits per heavy atom. The molecule has 2 rings (SSSR count). The highest BCUT2D eigenvalue weighted by atomic mass is 16.5. The van der Waals surface area contributed by atoms with Crippen LogP contribution >= 0.6 is 0 Å². The largest absolute Gasteiger partial charge is 0.496 e. The summed E-state index contributed by atoms with van der Waals surface area (Å²) >= 11 is 0. The normalized spacial score (nSPS) is 9.96. The van der Waals surface area contributed by atoms with E-state index >= 15 is 0 Å². The van der Waals surface area contributed by atoms with Crippen molar-refractivity contribution in [3.63, 3.8) is 0 Å². The van der Waals surface area contributed by atoms with Gasteiger partial charge in [-0.15, -0.1) is 0 Å². The van der Waals surface area contributed by atoms with Gasteiger partial charge in [-0.2, -0.15) is 0 Å². The molecule has 0 saturated heterocycles. The van der Waals surface area contributed by atoms with Crippen LogP contribution in [-0.2, 0) is 11.3 Å². The maximum atomic E-state index is 12.3. The molecule has 2 aromatic carbocycles. The highest BCUT2D eigenvalue weighted by Crippen LogP contribution is 2.17. The number of nitrogens with two attached hydrogens (primary N) is 3. The summed E-state index contributed by atoms with van der Waals surface area (Å²) in [5.74, 6) is -0.947. The Kier molecular flexibility index (Phi) is 6.16. The second-order valence-corrected chi connectivity index (χ2v) is 5.65. The van der Waals surface area contributed by atoms with Crippen LogP contribution in [0.15, 0.2) is 59.9 Å². The number of carbonyl (C=O) groups excluding carboxylic acids is 2. The molecule has 0 fully saturated rings. The molecule has 0 unspecified atom stereocenters. The number of carbonyl (C=O) groups is 2. The molecule has 0 atom stereocenters. The first-order chi connectivity index (χ1) is 12.8. The van der Waals surface area contributed by atoms with E-state index in [1.165, 1.54) is 7.11 Å². The molecule has 8 heteroatoms. The molecule has 8 nitrogen and oxygen atoms in total. The highest BCUT2D eigenvalue weighted by molar-refractivity contribution is 6.26. The van der Waals surface area contributed by atoms with Crippen molar-refractivity contribution < 1.29 is 14.3 Å². The third kappa shape index (κ3) is 4.63. The number of hydrogen-bond acceptors (Lipinski definition) is 6. The number of nitrogens with one attached hydrogen (secondary N) is 2. The summed E-state index contributed by atoms with van der Waals surface area (Å²) < 4.78 is 5.17. The van der Waals surface area contributed by atoms with Gasteiger partial charge in [-0.05, 0) is 17.7 Å². The lowest BCUT2D eigenvalue weighted by Gasteiger charge is -2.10. The molecule has 140 valence electrons. The SMILES string of the molecule is COc1ccccc1C(=O)NCc1ccc(C(=N)C(C(N)=O)=C(N)N)cc1. The second-order valence-electron chi connectivity index (χ2n) is 5.65. The van der Waals surface area contributed by atoms with E-state index in [9.17, 15) is 9.59 Å². The number of para-hydroxylation sites is 1. The van der Waals surface area contributed by atoms with Crippen LogP contribution in [-0.4, -0.2) is 24.6 Å². The van der Waals surface area contributed by atoms with Crippen molar-refractivity contribution in [2.45, 2.75) is 6.54 Å². The quantitative estimate of drug-likeness (QED) is 0.358. The smallest absolute Gasteiger partial charge is 0.255 e. The van der Waals surface area contributed by atoms with Crippen LogP contribution in [0.5, 0.6) is 5.75 Å². The van der Waals surface area contributed by atoms with Crippen LogP contribution in [0.4, 0.5) is 0 Å². The number of hydrogen-bond donors (Lipinski definition) is 5. The topological polar surface area (TPSA) is 157 Å². The monoisotopic (exact) mass is 367 g/mol. The average molecular weight is 367 g/mol. The third-order valence-electron chi connectivity index (χ3n) is 3.83. The van der Waals surface area contributed by atoms with Gasteiger partial charge in [0.25, 0.3) is 11.8 Å². The maximum absolute atomic E-state index is 12.3. The van der Waals surface area contributed by atoms with Crippen LogP contribution in [0.2, 0.25) is 0 Å². The Morgan fingerprint density at radius 1 is 1.04 bits per heavy atom. The Morgan fingerprint density at radius 2 is 1.67 bits per heavy atom. The molecule has 0 bridgehead atoms. The summed E-state index contributed by atoms with van der Waals surface area (Å²) in [5.41, 5.74) is 17.3. The van der Waals surface area contributed by atoms with E-state index in [2.05, 4.69) is 5.32 Å². The van der Waals surface area contributed by atoms with Crippen molar-refractivity contribution in [2.24, 2.45) is 17.2 Å². The number of benzene rings is 2. The first kappa shape index (κ1) is 19.5. The van der Waals surface area contributed by atoms with Crippen LogP contribution in [0.3, 0.4) is 0 Å². The lowest BCUT2D eigenvalue weighted by molar-refractivity contribution is -0.114. The summed E-state index contributed by atoms with van der Waals surface area (Å²) in [6, 6.07) is 13.6. The average Bonchev–Trinajstić information content (AvgIpc) is 2.65. The Labute approximate surface area is 156 Å². The molecule has 0 saturated carbocycles. The summed E-state index contributed by atoms with van der Waals surface area (Å²) in [5, 5.41) is 10.8. The first-order valence-corrected chi connectivity index (χ1v) is 7.99. The van der Waals surface area contributed by atoms with E-state index in [1.54, 1.807) is 48.5 Å². The molecule has 0 spiro atoms. The molecule has 0 aromatic heterocycles.